The Morgan fingerprint density at radius 1 is 1.12 bits per heavy atom. The van der Waals surface area contributed by atoms with Gasteiger partial charge < -0.3 is 16.0 Å². The first-order chi connectivity index (χ1) is 11.1. The molecule has 1 saturated heterocycles. The van der Waals surface area contributed by atoms with Crippen LogP contribution in [0, 0.1) is 5.92 Å². The molecule has 24 heavy (non-hydrogen) atoms. The first kappa shape index (κ1) is 18.7. The smallest absolute Gasteiger partial charge is 0.237 e. The first-order valence-electron chi connectivity index (χ1n) is 8.52. The molecule has 0 bridgehead atoms. The van der Waals surface area contributed by atoms with E-state index in [1.165, 1.54) is 0 Å². The number of hydrogen-bond acceptors (Lipinski definition) is 3. The van der Waals surface area contributed by atoms with Crippen molar-refractivity contribution < 1.29 is 9.59 Å². The standard InChI is InChI=1S/C18H25N3O2.ClH/c19-16(12-13-4-2-1-3-5-13)17(22)20-15-8-10-21(11-9-15)18(23)14-6-7-14;/h1-5,14-16H,6-12,19H2,(H,20,22);1H. The van der Waals surface area contributed by atoms with Crippen molar-refractivity contribution in [3.63, 3.8) is 0 Å². The zero-order chi connectivity index (χ0) is 16.2. The molecular weight excluding hydrogens is 326 g/mol. The lowest BCUT2D eigenvalue weighted by Crippen LogP contribution is -2.51. The van der Waals surface area contributed by atoms with E-state index in [0.29, 0.717) is 12.3 Å². The number of carbonyl (C=O) groups is 2. The number of halogens is 1. The molecule has 0 aromatic heterocycles. The number of rotatable bonds is 5. The largest absolute Gasteiger partial charge is 0.352 e. The van der Waals surface area contributed by atoms with Crippen LogP contribution in [0.3, 0.4) is 0 Å². The van der Waals surface area contributed by atoms with Crippen LogP contribution in [-0.2, 0) is 16.0 Å². The van der Waals surface area contributed by atoms with Crippen molar-refractivity contribution in [2.24, 2.45) is 11.7 Å². The van der Waals surface area contributed by atoms with Crippen LogP contribution in [0.4, 0.5) is 0 Å². The topological polar surface area (TPSA) is 75.4 Å². The molecule has 6 heteroatoms. The van der Waals surface area contributed by atoms with Crippen LogP contribution in [0.1, 0.15) is 31.2 Å². The van der Waals surface area contributed by atoms with Crippen molar-refractivity contribution in [1.82, 2.24) is 10.2 Å². The third kappa shape index (κ3) is 4.95. The first-order valence-corrected chi connectivity index (χ1v) is 8.52. The molecule has 1 unspecified atom stereocenters. The fourth-order valence-electron chi connectivity index (χ4n) is 3.10. The molecule has 0 radical (unpaired) electrons. The van der Waals surface area contributed by atoms with Gasteiger partial charge in [0.05, 0.1) is 6.04 Å². The molecule has 3 rings (SSSR count). The van der Waals surface area contributed by atoms with E-state index in [-0.39, 0.29) is 30.3 Å². The van der Waals surface area contributed by atoms with Crippen molar-refractivity contribution >= 4 is 24.2 Å². The molecule has 5 nitrogen and oxygen atoms in total. The highest BCUT2D eigenvalue weighted by atomic mass is 35.5. The maximum Gasteiger partial charge on any atom is 0.237 e. The van der Waals surface area contributed by atoms with Crippen LogP contribution in [-0.4, -0.2) is 41.9 Å². The number of likely N-dealkylation sites (tertiary alicyclic amines) is 1. The molecule has 1 saturated carbocycles. The Labute approximate surface area is 149 Å². The van der Waals surface area contributed by atoms with E-state index < -0.39 is 6.04 Å². The fourth-order valence-corrected chi connectivity index (χ4v) is 3.10. The molecule has 1 aromatic carbocycles. The van der Waals surface area contributed by atoms with Gasteiger partial charge in [0.15, 0.2) is 0 Å². The normalized spacial score (nSPS) is 19.3. The van der Waals surface area contributed by atoms with Crippen LogP contribution in [0.5, 0.6) is 0 Å². The van der Waals surface area contributed by atoms with E-state index in [9.17, 15) is 9.59 Å². The lowest BCUT2D eigenvalue weighted by Gasteiger charge is -2.33. The number of hydrogen-bond donors (Lipinski definition) is 2. The number of amides is 2. The fraction of sp³-hybridized carbons (Fsp3) is 0.556. The summed E-state index contributed by atoms with van der Waals surface area (Å²) in [5.74, 6) is 0.483. The van der Waals surface area contributed by atoms with Crippen LogP contribution in [0.15, 0.2) is 30.3 Å². The van der Waals surface area contributed by atoms with E-state index in [1.807, 2.05) is 35.2 Å². The lowest BCUT2D eigenvalue weighted by molar-refractivity contribution is -0.133. The quantitative estimate of drug-likeness (QED) is 0.844. The van der Waals surface area contributed by atoms with Gasteiger partial charge in [-0.1, -0.05) is 30.3 Å². The minimum Gasteiger partial charge on any atom is -0.352 e. The highest BCUT2D eigenvalue weighted by Crippen LogP contribution is 2.31. The number of carbonyl (C=O) groups excluding carboxylic acids is 2. The molecule has 3 N–H and O–H groups in total. The molecule has 2 fully saturated rings. The lowest BCUT2D eigenvalue weighted by atomic mass is 10.0. The van der Waals surface area contributed by atoms with E-state index in [1.54, 1.807) is 0 Å². The number of benzene rings is 1. The Balaban J connectivity index is 0.00000208. The number of nitrogens with one attached hydrogen (secondary N) is 1. The molecule has 2 aliphatic rings. The third-order valence-corrected chi connectivity index (χ3v) is 4.71. The van der Waals surface area contributed by atoms with Gasteiger partial charge in [0, 0.05) is 25.0 Å². The van der Waals surface area contributed by atoms with Crippen molar-refractivity contribution in [2.75, 3.05) is 13.1 Å². The Morgan fingerprint density at radius 3 is 2.33 bits per heavy atom. The van der Waals surface area contributed by atoms with Crippen LogP contribution in [0.25, 0.3) is 0 Å². The predicted octanol–water partition coefficient (Wildman–Crippen LogP) is 1.50. The van der Waals surface area contributed by atoms with Gasteiger partial charge in [-0.3, -0.25) is 9.59 Å². The van der Waals surface area contributed by atoms with Crippen LogP contribution < -0.4 is 11.1 Å². The summed E-state index contributed by atoms with van der Waals surface area (Å²) in [6.07, 6.45) is 4.28. The van der Waals surface area contributed by atoms with Crippen LogP contribution >= 0.6 is 12.4 Å². The second-order valence-electron chi connectivity index (χ2n) is 6.68. The molecule has 132 valence electrons. The predicted molar refractivity (Wildman–Crippen MR) is 95.8 cm³/mol. The summed E-state index contributed by atoms with van der Waals surface area (Å²) >= 11 is 0. The number of nitrogens with zero attached hydrogens (tertiary/aromatic N) is 1. The Bertz CT molecular complexity index is 555. The average Bonchev–Trinajstić information content (AvgIpc) is 3.41. The summed E-state index contributed by atoms with van der Waals surface area (Å²) in [7, 11) is 0. The molecule has 1 atom stereocenters. The minimum absolute atomic E-state index is 0. The van der Waals surface area contributed by atoms with E-state index in [2.05, 4.69) is 5.32 Å². The summed E-state index contributed by atoms with van der Waals surface area (Å²) in [5.41, 5.74) is 7.08. The zero-order valence-electron chi connectivity index (χ0n) is 13.8. The minimum atomic E-state index is -0.525. The summed E-state index contributed by atoms with van der Waals surface area (Å²) in [6, 6.07) is 9.42. The molecule has 1 aromatic rings. The highest BCUT2D eigenvalue weighted by molar-refractivity contribution is 5.85. The summed E-state index contributed by atoms with van der Waals surface area (Å²) in [5, 5.41) is 3.04. The van der Waals surface area contributed by atoms with Gasteiger partial charge in [0.25, 0.3) is 0 Å². The van der Waals surface area contributed by atoms with Crippen molar-refractivity contribution in [1.29, 1.82) is 0 Å². The van der Waals surface area contributed by atoms with Crippen molar-refractivity contribution in [2.45, 2.75) is 44.2 Å². The number of nitrogens with two attached hydrogens (primary N) is 1. The SMILES string of the molecule is Cl.NC(Cc1ccccc1)C(=O)NC1CCN(C(=O)C2CC2)CC1. The average molecular weight is 352 g/mol. The second-order valence-corrected chi connectivity index (χ2v) is 6.68. The zero-order valence-corrected chi connectivity index (χ0v) is 14.6. The maximum absolute atomic E-state index is 12.2. The van der Waals surface area contributed by atoms with Gasteiger partial charge in [-0.05, 0) is 37.7 Å². The summed E-state index contributed by atoms with van der Waals surface area (Å²) < 4.78 is 0. The Hall–Kier alpha value is -1.59. The molecule has 1 aliphatic heterocycles. The van der Waals surface area contributed by atoms with Crippen LogP contribution in [0.2, 0.25) is 0 Å². The molecule has 0 spiro atoms. The third-order valence-electron chi connectivity index (χ3n) is 4.71. The highest BCUT2D eigenvalue weighted by Gasteiger charge is 2.35. The van der Waals surface area contributed by atoms with Gasteiger partial charge in [-0.15, -0.1) is 12.4 Å². The van der Waals surface area contributed by atoms with Gasteiger partial charge in [-0.25, -0.2) is 0 Å². The Kier molecular flexibility index (Phi) is 6.63. The van der Waals surface area contributed by atoms with E-state index in [4.69, 9.17) is 5.73 Å². The summed E-state index contributed by atoms with van der Waals surface area (Å²) in [6.45, 7) is 1.49. The Morgan fingerprint density at radius 2 is 1.75 bits per heavy atom. The van der Waals surface area contributed by atoms with Gasteiger partial charge in [0.2, 0.25) is 11.8 Å². The monoisotopic (exact) mass is 351 g/mol. The second kappa shape index (κ2) is 8.49. The molecule has 2 amide bonds. The van der Waals surface area contributed by atoms with Crippen molar-refractivity contribution in [3.05, 3.63) is 35.9 Å². The van der Waals surface area contributed by atoms with Crippen molar-refractivity contribution in [3.8, 4) is 0 Å². The van der Waals surface area contributed by atoms with E-state index in [0.717, 1.165) is 44.3 Å². The maximum atomic E-state index is 12.2. The van der Waals surface area contributed by atoms with Gasteiger partial charge in [0.1, 0.15) is 0 Å². The van der Waals surface area contributed by atoms with Gasteiger partial charge >= 0.3 is 0 Å². The van der Waals surface area contributed by atoms with E-state index >= 15 is 0 Å². The molecular formula is C18H26ClN3O2. The molecule has 1 heterocycles. The summed E-state index contributed by atoms with van der Waals surface area (Å²) in [4.78, 5) is 26.2. The number of piperidine rings is 1. The van der Waals surface area contributed by atoms with Gasteiger partial charge in [-0.2, -0.15) is 0 Å². The molecule has 1 aliphatic carbocycles.